The van der Waals surface area contributed by atoms with Gasteiger partial charge in [0.1, 0.15) is 0 Å². The second kappa shape index (κ2) is 6.02. The van der Waals surface area contributed by atoms with Crippen LogP contribution in [-0.2, 0) is 4.79 Å². The summed E-state index contributed by atoms with van der Waals surface area (Å²) in [7, 11) is 5.83. The predicted molar refractivity (Wildman–Crippen MR) is 67.9 cm³/mol. The maximum Gasteiger partial charge on any atom is 0.317 e. The second-order valence-corrected chi connectivity index (χ2v) is 4.97. The molecule has 0 radical (unpaired) electrons. The van der Waals surface area contributed by atoms with Gasteiger partial charge in [0, 0.05) is 38.4 Å². The summed E-state index contributed by atoms with van der Waals surface area (Å²) in [6.07, 6.45) is 2.14. The van der Waals surface area contributed by atoms with Gasteiger partial charge < -0.3 is 15.3 Å². The van der Waals surface area contributed by atoms with Crippen molar-refractivity contribution in [3.05, 3.63) is 12.3 Å². The van der Waals surface area contributed by atoms with Crippen LogP contribution in [0.25, 0.3) is 0 Å². The molecule has 1 heterocycles. The summed E-state index contributed by atoms with van der Waals surface area (Å²) in [5.41, 5.74) is 1.09. The topological polar surface area (TPSA) is 55.8 Å². The molecule has 1 aliphatic rings. The standard InChI is InChI=1S/C12H23N3O2/c1-9(14(2)3)11-6-5-10(13-11)7-15(4)8-12(16)17/h10-11,13H,1,5-8H2,2-4H3,(H,16,17). The van der Waals surface area contributed by atoms with Gasteiger partial charge in [-0.05, 0) is 19.9 Å². The van der Waals surface area contributed by atoms with E-state index in [-0.39, 0.29) is 6.54 Å². The van der Waals surface area contributed by atoms with Crippen LogP contribution in [0.2, 0.25) is 0 Å². The first-order valence-corrected chi connectivity index (χ1v) is 5.92. The van der Waals surface area contributed by atoms with Gasteiger partial charge >= 0.3 is 5.97 Å². The molecular weight excluding hydrogens is 218 g/mol. The van der Waals surface area contributed by atoms with E-state index in [9.17, 15) is 4.79 Å². The number of carboxylic acids is 1. The van der Waals surface area contributed by atoms with Crippen molar-refractivity contribution in [3.63, 3.8) is 0 Å². The zero-order valence-electron chi connectivity index (χ0n) is 10.9. The first-order valence-electron chi connectivity index (χ1n) is 5.92. The Labute approximate surface area is 103 Å². The van der Waals surface area contributed by atoms with Crippen molar-refractivity contribution in [2.75, 3.05) is 34.2 Å². The normalized spacial score (nSPS) is 24.0. The van der Waals surface area contributed by atoms with Crippen molar-refractivity contribution in [2.24, 2.45) is 0 Å². The molecular formula is C12H23N3O2. The molecule has 2 N–H and O–H groups in total. The molecule has 0 aromatic heterocycles. The van der Waals surface area contributed by atoms with Gasteiger partial charge in [0.2, 0.25) is 0 Å². The maximum absolute atomic E-state index is 10.6. The van der Waals surface area contributed by atoms with E-state index in [0.717, 1.165) is 25.1 Å². The van der Waals surface area contributed by atoms with E-state index >= 15 is 0 Å². The average Bonchev–Trinajstić information content (AvgIpc) is 2.63. The molecule has 2 unspecified atom stereocenters. The lowest BCUT2D eigenvalue weighted by Gasteiger charge is -2.24. The smallest absolute Gasteiger partial charge is 0.317 e. The minimum absolute atomic E-state index is 0.0947. The molecule has 0 aliphatic carbocycles. The lowest BCUT2D eigenvalue weighted by atomic mass is 10.1. The molecule has 17 heavy (non-hydrogen) atoms. The second-order valence-electron chi connectivity index (χ2n) is 4.97. The van der Waals surface area contributed by atoms with Gasteiger partial charge in [-0.3, -0.25) is 9.69 Å². The van der Waals surface area contributed by atoms with Crippen LogP contribution in [0, 0.1) is 0 Å². The molecule has 1 saturated heterocycles. The highest BCUT2D eigenvalue weighted by Crippen LogP contribution is 2.19. The number of likely N-dealkylation sites (N-methyl/N-ethyl adjacent to an activating group) is 2. The van der Waals surface area contributed by atoms with E-state index in [1.807, 2.05) is 30.9 Å². The number of nitrogens with one attached hydrogen (secondary N) is 1. The van der Waals surface area contributed by atoms with Gasteiger partial charge in [-0.1, -0.05) is 6.58 Å². The highest BCUT2D eigenvalue weighted by molar-refractivity contribution is 5.69. The fraction of sp³-hybridized carbons (Fsp3) is 0.750. The van der Waals surface area contributed by atoms with E-state index in [4.69, 9.17) is 5.11 Å². The van der Waals surface area contributed by atoms with Crippen molar-refractivity contribution in [2.45, 2.75) is 24.9 Å². The van der Waals surface area contributed by atoms with Gasteiger partial charge in [-0.25, -0.2) is 0 Å². The summed E-state index contributed by atoms with van der Waals surface area (Å²) >= 11 is 0. The zero-order chi connectivity index (χ0) is 13.0. The molecule has 0 aromatic carbocycles. The summed E-state index contributed by atoms with van der Waals surface area (Å²) in [5.74, 6) is -0.778. The Morgan fingerprint density at radius 2 is 2.06 bits per heavy atom. The van der Waals surface area contributed by atoms with Crippen LogP contribution in [0.4, 0.5) is 0 Å². The van der Waals surface area contributed by atoms with Crippen LogP contribution < -0.4 is 5.32 Å². The lowest BCUT2D eigenvalue weighted by Crippen LogP contribution is -2.41. The largest absolute Gasteiger partial charge is 0.480 e. The Hall–Kier alpha value is -1.07. The fourth-order valence-corrected chi connectivity index (χ4v) is 2.21. The number of hydrogen-bond acceptors (Lipinski definition) is 4. The number of aliphatic carboxylic acids is 1. The van der Waals surface area contributed by atoms with Crippen molar-refractivity contribution in [3.8, 4) is 0 Å². The van der Waals surface area contributed by atoms with Gasteiger partial charge in [0.05, 0.1) is 6.54 Å². The van der Waals surface area contributed by atoms with E-state index in [0.29, 0.717) is 12.1 Å². The minimum atomic E-state index is -0.778. The van der Waals surface area contributed by atoms with Gasteiger partial charge in [0.15, 0.2) is 0 Å². The van der Waals surface area contributed by atoms with Crippen LogP contribution in [0.1, 0.15) is 12.8 Å². The first kappa shape index (κ1) is 14.0. The van der Waals surface area contributed by atoms with Gasteiger partial charge in [-0.15, -0.1) is 0 Å². The Morgan fingerprint density at radius 3 is 2.59 bits per heavy atom. The molecule has 0 aromatic rings. The molecule has 0 amide bonds. The number of rotatable bonds is 6. The van der Waals surface area contributed by atoms with Gasteiger partial charge in [0.25, 0.3) is 0 Å². The summed E-state index contributed by atoms with van der Waals surface area (Å²) in [6.45, 7) is 4.92. The summed E-state index contributed by atoms with van der Waals surface area (Å²) < 4.78 is 0. The Balaban J connectivity index is 2.35. The van der Waals surface area contributed by atoms with Crippen LogP contribution in [0.3, 0.4) is 0 Å². The van der Waals surface area contributed by atoms with Crippen LogP contribution in [0.15, 0.2) is 12.3 Å². The van der Waals surface area contributed by atoms with Crippen molar-refractivity contribution < 1.29 is 9.90 Å². The quantitative estimate of drug-likeness (QED) is 0.696. The molecule has 2 atom stereocenters. The molecule has 0 spiro atoms. The van der Waals surface area contributed by atoms with Crippen molar-refractivity contribution >= 4 is 5.97 Å². The highest BCUT2D eigenvalue weighted by Gasteiger charge is 2.27. The molecule has 5 heteroatoms. The average molecular weight is 241 g/mol. The third-order valence-electron chi connectivity index (χ3n) is 3.15. The van der Waals surface area contributed by atoms with Crippen molar-refractivity contribution in [1.82, 2.24) is 15.1 Å². The molecule has 5 nitrogen and oxygen atoms in total. The van der Waals surface area contributed by atoms with E-state index in [2.05, 4.69) is 11.9 Å². The Kier molecular flexibility index (Phi) is 4.96. The Bertz CT molecular complexity index is 291. The summed E-state index contributed by atoms with van der Waals surface area (Å²) in [6, 6.07) is 0.689. The summed E-state index contributed by atoms with van der Waals surface area (Å²) in [5, 5.41) is 12.2. The zero-order valence-corrected chi connectivity index (χ0v) is 10.9. The van der Waals surface area contributed by atoms with Crippen LogP contribution in [0.5, 0.6) is 0 Å². The number of carbonyl (C=O) groups is 1. The van der Waals surface area contributed by atoms with E-state index < -0.39 is 5.97 Å². The van der Waals surface area contributed by atoms with E-state index in [1.165, 1.54) is 0 Å². The lowest BCUT2D eigenvalue weighted by molar-refractivity contribution is -0.138. The SMILES string of the molecule is C=C(C1CCC(CN(C)CC(=O)O)N1)N(C)C. The van der Waals surface area contributed by atoms with Gasteiger partial charge in [-0.2, -0.15) is 0 Å². The minimum Gasteiger partial charge on any atom is -0.480 e. The molecule has 0 bridgehead atoms. The van der Waals surface area contributed by atoms with Crippen LogP contribution >= 0.6 is 0 Å². The molecule has 1 aliphatic heterocycles. The first-order chi connectivity index (χ1) is 7.90. The maximum atomic E-state index is 10.6. The molecule has 1 fully saturated rings. The van der Waals surface area contributed by atoms with E-state index in [1.54, 1.807) is 0 Å². The number of nitrogens with zero attached hydrogens (tertiary/aromatic N) is 2. The molecule has 0 saturated carbocycles. The molecule has 1 rings (SSSR count). The monoisotopic (exact) mass is 241 g/mol. The third-order valence-corrected chi connectivity index (χ3v) is 3.15. The third kappa shape index (κ3) is 4.36. The predicted octanol–water partition coefficient (Wildman–Crippen LogP) is 0.199. The van der Waals surface area contributed by atoms with Crippen molar-refractivity contribution in [1.29, 1.82) is 0 Å². The summed E-state index contributed by atoms with van der Waals surface area (Å²) in [4.78, 5) is 14.4. The number of hydrogen-bond donors (Lipinski definition) is 2. The van der Waals surface area contributed by atoms with Crippen LogP contribution in [-0.4, -0.2) is 67.2 Å². The molecule has 98 valence electrons. The fourth-order valence-electron chi connectivity index (χ4n) is 2.21. The highest BCUT2D eigenvalue weighted by atomic mass is 16.4. The number of carboxylic acid groups (broad SMARTS) is 1. The Morgan fingerprint density at radius 1 is 1.41 bits per heavy atom.